The van der Waals surface area contributed by atoms with Gasteiger partial charge in [0.05, 0.1) is 25.4 Å². The molecule has 0 spiro atoms. The number of unbranched alkanes of at least 4 members (excludes halogenated alkanes) is 43. The third-order valence-electron chi connectivity index (χ3n) is 14.9. The monoisotopic (exact) mass is 1010 g/mol. The summed E-state index contributed by atoms with van der Waals surface area (Å²) in [4.78, 5) is 24.6. The molecule has 0 rings (SSSR count). The van der Waals surface area contributed by atoms with E-state index in [1.165, 1.54) is 263 Å². The second kappa shape index (κ2) is 61.6. The van der Waals surface area contributed by atoms with E-state index in [1.54, 1.807) is 0 Å². The molecule has 0 aromatic carbocycles. The maximum Gasteiger partial charge on any atom is 0.305 e. The smallest absolute Gasteiger partial charge is 0.305 e. The quantitative estimate of drug-likeness (QED) is 0.0320. The van der Waals surface area contributed by atoms with Gasteiger partial charge in [0.15, 0.2) is 0 Å². The molecule has 0 bridgehead atoms. The Hall–Kier alpha value is -1.92. The van der Waals surface area contributed by atoms with E-state index in [9.17, 15) is 19.8 Å². The van der Waals surface area contributed by atoms with Crippen LogP contribution in [-0.4, -0.2) is 47.4 Å². The van der Waals surface area contributed by atoms with Crippen LogP contribution in [0, 0.1) is 0 Å². The second-order valence-electron chi connectivity index (χ2n) is 22.1. The third-order valence-corrected chi connectivity index (χ3v) is 14.9. The Morgan fingerprint density at radius 2 is 0.694 bits per heavy atom. The number of hydrogen-bond acceptors (Lipinski definition) is 5. The number of ether oxygens (including phenoxy) is 1. The highest BCUT2D eigenvalue weighted by Crippen LogP contribution is 2.18. The molecule has 424 valence electrons. The van der Waals surface area contributed by atoms with Crippen molar-refractivity contribution in [2.24, 2.45) is 0 Å². The molecule has 0 radical (unpaired) electrons. The summed E-state index contributed by atoms with van der Waals surface area (Å²) < 4.78 is 5.43. The Kier molecular flexibility index (Phi) is 60.0. The van der Waals surface area contributed by atoms with Gasteiger partial charge >= 0.3 is 5.97 Å². The van der Waals surface area contributed by atoms with Crippen LogP contribution in [0.25, 0.3) is 0 Å². The first-order valence-corrected chi connectivity index (χ1v) is 32.2. The average molecular weight is 1010 g/mol. The zero-order chi connectivity index (χ0) is 52.2. The zero-order valence-electron chi connectivity index (χ0n) is 48.4. The lowest BCUT2D eigenvalue weighted by Crippen LogP contribution is -2.45. The van der Waals surface area contributed by atoms with E-state index in [1.807, 2.05) is 0 Å². The van der Waals surface area contributed by atoms with E-state index in [4.69, 9.17) is 4.74 Å². The van der Waals surface area contributed by atoms with Gasteiger partial charge < -0.3 is 20.3 Å². The predicted octanol–water partition coefficient (Wildman–Crippen LogP) is 20.4. The summed E-state index contributed by atoms with van der Waals surface area (Å²) in [7, 11) is 0. The average Bonchev–Trinajstić information content (AvgIpc) is 3.38. The summed E-state index contributed by atoms with van der Waals surface area (Å²) in [5, 5.41) is 23.3. The van der Waals surface area contributed by atoms with Crippen molar-refractivity contribution >= 4 is 11.9 Å². The molecule has 0 saturated heterocycles. The number of aliphatic hydroxyl groups is 2. The minimum atomic E-state index is -0.668. The number of esters is 1. The number of aliphatic hydroxyl groups excluding tert-OH is 2. The molecular formula is C66H125NO5. The number of carbonyl (C=O) groups excluding carboxylic acids is 2. The van der Waals surface area contributed by atoms with Crippen LogP contribution in [-0.2, 0) is 14.3 Å². The fraction of sp³-hybridized carbons (Fsp3) is 0.879. The van der Waals surface area contributed by atoms with Gasteiger partial charge in [-0.1, -0.05) is 301 Å². The molecule has 0 aliphatic heterocycles. The molecule has 2 atom stereocenters. The van der Waals surface area contributed by atoms with Crippen molar-refractivity contribution in [1.82, 2.24) is 5.32 Å². The van der Waals surface area contributed by atoms with Gasteiger partial charge in [-0.3, -0.25) is 9.59 Å². The number of rotatable bonds is 60. The first-order chi connectivity index (χ1) is 35.5. The fourth-order valence-electron chi connectivity index (χ4n) is 10.0. The van der Waals surface area contributed by atoms with Crippen molar-refractivity contribution in [1.29, 1.82) is 0 Å². The van der Waals surface area contributed by atoms with Gasteiger partial charge in [-0.25, -0.2) is 0 Å². The van der Waals surface area contributed by atoms with E-state index in [2.05, 4.69) is 55.6 Å². The van der Waals surface area contributed by atoms with Gasteiger partial charge in [0.2, 0.25) is 5.91 Å². The Bertz CT molecular complexity index is 1170. The minimum Gasteiger partial charge on any atom is -0.465 e. The van der Waals surface area contributed by atoms with Crippen molar-refractivity contribution < 1.29 is 24.5 Å². The number of hydrogen-bond donors (Lipinski definition) is 3. The summed E-state index contributed by atoms with van der Waals surface area (Å²) in [6.45, 7) is 4.86. The molecule has 2 unspecified atom stereocenters. The Morgan fingerprint density at radius 3 is 1.07 bits per heavy atom. The molecule has 0 saturated carbocycles. The van der Waals surface area contributed by atoms with Crippen LogP contribution in [0.3, 0.4) is 0 Å². The van der Waals surface area contributed by atoms with Crippen LogP contribution in [0.2, 0.25) is 0 Å². The SMILES string of the molecule is CCCCCCCCC/C=C\CCCCCCCCCC(=O)OCC/C=C\C/C=C\CCCCCCCCCCCCCCCCC(=O)NC(CO)C(O)CCCCCCCCCCCCCCCCCC. The predicted molar refractivity (Wildman–Crippen MR) is 315 cm³/mol. The van der Waals surface area contributed by atoms with Crippen molar-refractivity contribution in [3.8, 4) is 0 Å². The summed E-state index contributed by atoms with van der Waals surface area (Å²) in [6.07, 6.45) is 77.5. The number of carbonyl (C=O) groups is 2. The van der Waals surface area contributed by atoms with Crippen molar-refractivity contribution in [3.05, 3.63) is 36.5 Å². The highest BCUT2D eigenvalue weighted by Gasteiger charge is 2.20. The highest BCUT2D eigenvalue weighted by molar-refractivity contribution is 5.76. The van der Waals surface area contributed by atoms with Crippen molar-refractivity contribution in [2.75, 3.05) is 13.2 Å². The highest BCUT2D eigenvalue weighted by atomic mass is 16.5. The lowest BCUT2D eigenvalue weighted by Gasteiger charge is -2.22. The number of nitrogens with one attached hydrogen (secondary N) is 1. The Labute approximate surface area is 449 Å². The van der Waals surface area contributed by atoms with E-state index in [0.29, 0.717) is 25.9 Å². The fourth-order valence-corrected chi connectivity index (χ4v) is 10.0. The molecule has 0 aliphatic rings. The maximum absolute atomic E-state index is 12.5. The molecule has 1 amide bonds. The largest absolute Gasteiger partial charge is 0.465 e. The summed E-state index contributed by atoms with van der Waals surface area (Å²) in [5.74, 6) is -0.0756. The van der Waals surface area contributed by atoms with Crippen molar-refractivity contribution in [3.63, 3.8) is 0 Å². The summed E-state index contributed by atoms with van der Waals surface area (Å²) >= 11 is 0. The van der Waals surface area contributed by atoms with E-state index >= 15 is 0 Å². The first kappa shape index (κ1) is 70.1. The Balaban J connectivity index is 3.44. The van der Waals surface area contributed by atoms with Gasteiger partial charge in [0, 0.05) is 12.8 Å². The molecule has 6 nitrogen and oxygen atoms in total. The first-order valence-electron chi connectivity index (χ1n) is 32.2. The summed E-state index contributed by atoms with van der Waals surface area (Å²) in [6, 6.07) is -0.546. The molecule has 0 aromatic heterocycles. The zero-order valence-corrected chi connectivity index (χ0v) is 48.4. The van der Waals surface area contributed by atoms with Crippen LogP contribution in [0.15, 0.2) is 36.5 Å². The van der Waals surface area contributed by atoms with Gasteiger partial charge in [0.25, 0.3) is 0 Å². The maximum atomic E-state index is 12.5. The Morgan fingerprint density at radius 1 is 0.389 bits per heavy atom. The van der Waals surface area contributed by atoms with E-state index in [-0.39, 0.29) is 18.5 Å². The van der Waals surface area contributed by atoms with Gasteiger partial charge in [-0.15, -0.1) is 0 Å². The topological polar surface area (TPSA) is 95.9 Å². The van der Waals surface area contributed by atoms with Gasteiger partial charge in [-0.05, 0) is 70.6 Å². The minimum absolute atomic E-state index is 0.0377. The van der Waals surface area contributed by atoms with Crippen LogP contribution in [0.1, 0.15) is 348 Å². The lowest BCUT2D eigenvalue weighted by atomic mass is 10.0. The molecule has 0 aliphatic carbocycles. The number of allylic oxidation sites excluding steroid dienone is 5. The number of amides is 1. The van der Waals surface area contributed by atoms with Crippen molar-refractivity contribution in [2.45, 2.75) is 360 Å². The molecule has 3 N–H and O–H groups in total. The van der Waals surface area contributed by atoms with E-state index < -0.39 is 12.1 Å². The van der Waals surface area contributed by atoms with E-state index in [0.717, 1.165) is 51.4 Å². The van der Waals surface area contributed by atoms with Crippen LogP contribution in [0.4, 0.5) is 0 Å². The standard InChI is InChI=1S/C66H125NO5/c1-3-5-7-9-11-13-15-17-19-21-28-32-36-40-44-48-52-56-60-66(71)72-61-57-53-49-45-41-37-33-29-26-24-22-23-25-27-31-35-39-43-47-51-55-59-65(70)67-63(62-68)64(69)58-54-50-46-42-38-34-30-20-18-16-14-12-10-8-6-4-2/h19,21,37,41,49,53,63-64,68-69H,3-18,20,22-36,38-40,42-48,50-52,54-62H2,1-2H3,(H,67,70)/b21-19-,41-37-,53-49-. The lowest BCUT2D eigenvalue weighted by molar-refractivity contribution is -0.143. The van der Waals surface area contributed by atoms with Crippen LogP contribution < -0.4 is 5.32 Å². The molecule has 72 heavy (non-hydrogen) atoms. The third kappa shape index (κ3) is 57.4. The normalized spacial score (nSPS) is 12.8. The van der Waals surface area contributed by atoms with Crippen LogP contribution in [0.5, 0.6) is 0 Å². The molecule has 6 heteroatoms. The molecule has 0 heterocycles. The van der Waals surface area contributed by atoms with Gasteiger partial charge in [-0.2, -0.15) is 0 Å². The second-order valence-corrected chi connectivity index (χ2v) is 22.1. The van der Waals surface area contributed by atoms with Gasteiger partial charge in [0.1, 0.15) is 0 Å². The summed E-state index contributed by atoms with van der Waals surface area (Å²) in [5.41, 5.74) is 0. The van der Waals surface area contributed by atoms with Crippen LogP contribution >= 0.6 is 0 Å². The molecule has 0 fully saturated rings. The molecule has 0 aromatic rings. The molecular weight excluding hydrogens is 887 g/mol.